The van der Waals surface area contributed by atoms with Crippen LogP contribution in [0, 0.1) is 0 Å². The fourth-order valence-electron chi connectivity index (χ4n) is 1.94. The Morgan fingerprint density at radius 1 is 0.778 bits per heavy atom. The third kappa shape index (κ3) is 2.31. The topological polar surface area (TPSA) is 60.7 Å². The van der Waals surface area contributed by atoms with E-state index in [9.17, 15) is 14.7 Å². The molecule has 3 N–H and O–H groups in total. The molecule has 0 heterocycles. The molecule has 1 unspecified atom stereocenters. The Hall–Kier alpha value is -1.25. The minimum absolute atomic E-state index is 0.180. The second-order valence-electron chi connectivity index (χ2n) is 4.47. The van der Waals surface area contributed by atoms with E-state index in [0.717, 1.165) is 0 Å². The van der Waals surface area contributed by atoms with Crippen LogP contribution in [0.25, 0.3) is 0 Å². The Labute approximate surface area is 107 Å². The molecule has 2 rings (SSSR count). The maximum atomic E-state index is 10.4. The van der Waals surface area contributed by atoms with Gasteiger partial charge in [0.05, 0.1) is 0 Å². The van der Waals surface area contributed by atoms with E-state index in [1.807, 2.05) is 18.2 Å². The van der Waals surface area contributed by atoms with Crippen molar-refractivity contribution < 1.29 is 14.7 Å². The van der Waals surface area contributed by atoms with Crippen LogP contribution < -0.4 is 5.30 Å². The Morgan fingerprint density at radius 3 is 1.72 bits per heavy atom. The summed E-state index contributed by atoms with van der Waals surface area (Å²) in [6.07, 6.45) is 0. The number of rotatable bonds is 3. The zero-order valence-electron chi connectivity index (χ0n) is 10.1. The van der Waals surface area contributed by atoms with Gasteiger partial charge in [-0.3, -0.25) is 0 Å². The van der Waals surface area contributed by atoms with Crippen molar-refractivity contribution >= 4 is 12.6 Å². The van der Waals surface area contributed by atoms with E-state index in [4.69, 9.17) is 0 Å². The van der Waals surface area contributed by atoms with Gasteiger partial charge in [0.15, 0.2) is 0 Å². The Morgan fingerprint density at radius 2 is 1.22 bits per heavy atom. The van der Waals surface area contributed by atoms with Gasteiger partial charge in [0, 0.05) is 0 Å². The molecule has 96 valence electrons. The summed E-state index contributed by atoms with van der Waals surface area (Å²) in [5.74, 6) is 0. The van der Waals surface area contributed by atoms with Crippen molar-refractivity contribution in [3.8, 4) is 0 Å². The number of hydrogen-bond acceptors (Lipinski definition) is 3. The maximum absolute atomic E-state index is 10.4. The molecule has 2 aromatic carbocycles. The van der Waals surface area contributed by atoms with Gasteiger partial charge >= 0.3 is 106 Å². The van der Waals surface area contributed by atoms with Crippen molar-refractivity contribution in [2.75, 3.05) is 0 Å². The molecule has 1 atom stereocenters. The number of hydrogen-bond donors (Lipinski definition) is 3. The molecule has 0 amide bonds. The van der Waals surface area contributed by atoms with Crippen molar-refractivity contribution in [3.05, 3.63) is 66.2 Å². The fourth-order valence-corrected chi connectivity index (χ4v) is 3.86. The van der Waals surface area contributed by atoms with Gasteiger partial charge in [-0.1, -0.05) is 0 Å². The van der Waals surface area contributed by atoms with Gasteiger partial charge in [0.25, 0.3) is 0 Å². The van der Waals surface area contributed by atoms with Gasteiger partial charge in [-0.15, -0.1) is 0 Å². The predicted octanol–water partition coefficient (Wildman–Crippen LogP) is 2.35. The standard InChI is InChI=1S/C14H17O3P/c1-12(13-8-4-2-5-9-13)18(15,16,17)14-10-6-3-7-11-14/h2-12,15-17H,1H3. The van der Waals surface area contributed by atoms with Crippen LogP contribution in [0.1, 0.15) is 18.1 Å². The summed E-state index contributed by atoms with van der Waals surface area (Å²) < 4.78 is 0. The molecular formula is C14H17O3P. The third-order valence-electron chi connectivity index (χ3n) is 3.25. The molecule has 0 aliphatic heterocycles. The van der Waals surface area contributed by atoms with Crippen molar-refractivity contribution in [3.63, 3.8) is 0 Å². The molecule has 0 aliphatic carbocycles. The van der Waals surface area contributed by atoms with E-state index in [2.05, 4.69) is 0 Å². The molecule has 0 aromatic heterocycles. The van der Waals surface area contributed by atoms with Gasteiger partial charge in [-0.2, -0.15) is 0 Å². The van der Waals surface area contributed by atoms with Crippen LogP contribution in [-0.2, 0) is 0 Å². The first-order valence-electron chi connectivity index (χ1n) is 5.77. The van der Waals surface area contributed by atoms with Crippen LogP contribution in [-0.4, -0.2) is 14.7 Å². The van der Waals surface area contributed by atoms with E-state index < -0.39 is 12.9 Å². The van der Waals surface area contributed by atoms with Gasteiger partial charge in [0.1, 0.15) is 0 Å². The molecular weight excluding hydrogens is 247 g/mol. The molecule has 2 aromatic rings. The molecule has 0 spiro atoms. The monoisotopic (exact) mass is 264 g/mol. The fraction of sp³-hybridized carbons (Fsp3) is 0.143. The zero-order valence-corrected chi connectivity index (χ0v) is 11.0. The van der Waals surface area contributed by atoms with Crippen molar-refractivity contribution in [1.29, 1.82) is 0 Å². The summed E-state index contributed by atoms with van der Waals surface area (Å²) in [6, 6.07) is 17.2. The second kappa shape index (κ2) is 4.45. The van der Waals surface area contributed by atoms with Crippen molar-refractivity contribution in [2.24, 2.45) is 0 Å². The summed E-state index contributed by atoms with van der Waals surface area (Å²) >= 11 is 0. The first kappa shape index (κ1) is 13.2. The quantitative estimate of drug-likeness (QED) is 0.746. The first-order chi connectivity index (χ1) is 8.40. The summed E-state index contributed by atoms with van der Waals surface area (Å²) in [5.41, 5.74) is -0.0499. The van der Waals surface area contributed by atoms with Crippen molar-refractivity contribution in [2.45, 2.75) is 12.6 Å². The average Bonchev–Trinajstić information content (AvgIpc) is 2.39. The van der Waals surface area contributed by atoms with Gasteiger partial charge < -0.3 is 0 Å². The van der Waals surface area contributed by atoms with Gasteiger partial charge in [0.2, 0.25) is 0 Å². The predicted molar refractivity (Wildman–Crippen MR) is 74.5 cm³/mol. The van der Waals surface area contributed by atoms with E-state index in [0.29, 0.717) is 5.56 Å². The van der Waals surface area contributed by atoms with Crippen molar-refractivity contribution in [1.82, 2.24) is 0 Å². The van der Waals surface area contributed by atoms with Crippen LogP contribution in [0.4, 0.5) is 0 Å². The van der Waals surface area contributed by atoms with Gasteiger partial charge in [-0.25, -0.2) is 0 Å². The van der Waals surface area contributed by atoms with Gasteiger partial charge in [-0.05, 0) is 0 Å². The minimum atomic E-state index is -4.90. The molecule has 4 heteroatoms. The average molecular weight is 264 g/mol. The summed E-state index contributed by atoms with van der Waals surface area (Å²) in [6.45, 7) is 1.63. The molecule has 0 aliphatic rings. The van der Waals surface area contributed by atoms with Crippen LogP contribution in [0.15, 0.2) is 60.7 Å². The van der Waals surface area contributed by atoms with Crippen LogP contribution in [0.3, 0.4) is 0 Å². The molecule has 0 fully saturated rings. The third-order valence-corrected chi connectivity index (χ3v) is 6.26. The van der Waals surface area contributed by atoms with Crippen LogP contribution in [0.5, 0.6) is 0 Å². The summed E-state index contributed by atoms with van der Waals surface area (Å²) in [5, 5.41) is 0.180. The normalized spacial score (nSPS) is 15.7. The second-order valence-corrected chi connectivity index (χ2v) is 7.84. The summed E-state index contributed by atoms with van der Waals surface area (Å²) in [7, 11) is -4.90. The van der Waals surface area contributed by atoms with Crippen LogP contribution in [0.2, 0.25) is 0 Å². The number of benzene rings is 2. The molecule has 18 heavy (non-hydrogen) atoms. The van der Waals surface area contributed by atoms with Crippen LogP contribution >= 0.6 is 7.28 Å². The molecule has 0 saturated heterocycles. The Bertz CT molecular complexity index is 517. The molecule has 3 nitrogen and oxygen atoms in total. The summed E-state index contributed by atoms with van der Waals surface area (Å²) in [4.78, 5) is 31.2. The SMILES string of the molecule is CC(c1ccccc1)P(O)(O)(O)c1ccccc1. The van der Waals surface area contributed by atoms with E-state index in [1.165, 1.54) is 12.1 Å². The molecule has 0 radical (unpaired) electrons. The molecule has 0 bridgehead atoms. The molecule has 0 saturated carbocycles. The van der Waals surface area contributed by atoms with E-state index in [1.54, 1.807) is 37.3 Å². The zero-order chi connectivity index (χ0) is 13.3. The van der Waals surface area contributed by atoms with E-state index in [-0.39, 0.29) is 5.30 Å². The van der Waals surface area contributed by atoms with E-state index >= 15 is 0 Å². The Kier molecular flexibility index (Phi) is 3.26. The Balaban J connectivity index is 2.47. The first-order valence-corrected chi connectivity index (χ1v) is 7.93.